The molecule has 0 aliphatic rings. The molecule has 9 nitrogen and oxygen atoms in total. The van der Waals surface area contributed by atoms with E-state index >= 15 is 0 Å². The van der Waals surface area contributed by atoms with Gasteiger partial charge in [-0.15, -0.1) is 0 Å². The van der Waals surface area contributed by atoms with E-state index in [1.807, 2.05) is 55.5 Å². The van der Waals surface area contributed by atoms with Crippen LogP contribution in [0.15, 0.2) is 62.6 Å². The van der Waals surface area contributed by atoms with E-state index in [1.54, 1.807) is 11.5 Å². The molecule has 0 aliphatic heterocycles. The first-order valence-corrected chi connectivity index (χ1v) is 13.0. The number of benzene rings is 2. The van der Waals surface area contributed by atoms with Gasteiger partial charge in [0.2, 0.25) is 5.91 Å². The molecule has 0 radical (unpaired) electrons. The summed E-state index contributed by atoms with van der Waals surface area (Å²) in [7, 11) is 0. The van der Waals surface area contributed by atoms with Gasteiger partial charge in [-0.2, -0.15) is 0 Å². The Kier molecular flexibility index (Phi) is 8.68. The van der Waals surface area contributed by atoms with Gasteiger partial charge in [-0.05, 0) is 36.5 Å². The summed E-state index contributed by atoms with van der Waals surface area (Å²) in [6.07, 6.45) is 3.45. The summed E-state index contributed by atoms with van der Waals surface area (Å²) < 4.78 is 6.38. The minimum Gasteiger partial charge on any atom is -0.356 e. The highest BCUT2D eigenvalue weighted by Crippen LogP contribution is 2.30. The van der Waals surface area contributed by atoms with E-state index < -0.39 is 5.76 Å². The summed E-state index contributed by atoms with van der Waals surface area (Å²) in [5.74, 6) is 0.320. The number of unbranched alkanes of at least 4 members (excludes halogenated alkanes) is 1. The van der Waals surface area contributed by atoms with Gasteiger partial charge in [-0.1, -0.05) is 74.0 Å². The standard InChI is InChI=1S/C29H33N5O4/c1-4-6-11-25-31-19(3)24(17-26(35)30-16-5-2)28(36)34(25)18-20-12-14-21(15-13-20)22-9-7-8-10-23(22)27-32-29(37)38-33-27/h7-10,12-15H,4-6,11,16-18H2,1-3H3,(H,30,35)(H,32,33,37). The molecule has 4 rings (SSSR count). The molecule has 0 bridgehead atoms. The number of aryl methyl sites for hydroxylation is 2. The zero-order valence-corrected chi connectivity index (χ0v) is 22.0. The highest BCUT2D eigenvalue weighted by Gasteiger charge is 2.17. The van der Waals surface area contributed by atoms with Gasteiger partial charge in [0.25, 0.3) is 5.56 Å². The minimum atomic E-state index is -0.608. The quantitative estimate of drug-likeness (QED) is 0.311. The average Bonchev–Trinajstić information content (AvgIpc) is 3.37. The van der Waals surface area contributed by atoms with Gasteiger partial charge in [0.1, 0.15) is 5.82 Å². The number of H-pyrrole nitrogens is 1. The topological polar surface area (TPSA) is 123 Å². The van der Waals surface area contributed by atoms with Crippen molar-refractivity contribution >= 4 is 5.91 Å². The molecule has 2 heterocycles. The van der Waals surface area contributed by atoms with Crippen molar-refractivity contribution in [2.75, 3.05) is 6.54 Å². The Bertz CT molecular complexity index is 1520. The third kappa shape index (κ3) is 6.16. The smallest absolute Gasteiger partial charge is 0.356 e. The van der Waals surface area contributed by atoms with Gasteiger partial charge < -0.3 is 5.32 Å². The molecule has 2 aromatic heterocycles. The molecule has 0 spiro atoms. The Labute approximate surface area is 220 Å². The van der Waals surface area contributed by atoms with Crippen LogP contribution in [0.3, 0.4) is 0 Å². The van der Waals surface area contributed by atoms with E-state index in [4.69, 9.17) is 4.98 Å². The molecular weight excluding hydrogens is 482 g/mol. The summed E-state index contributed by atoms with van der Waals surface area (Å²) in [6, 6.07) is 15.5. The molecule has 38 heavy (non-hydrogen) atoms. The van der Waals surface area contributed by atoms with Crippen LogP contribution in [0.25, 0.3) is 22.5 Å². The molecule has 0 atom stereocenters. The van der Waals surface area contributed by atoms with Crippen LogP contribution in [0.4, 0.5) is 0 Å². The number of amides is 1. The van der Waals surface area contributed by atoms with Crippen LogP contribution in [0.1, 0.15) is 55.8 Å². The Morgan fingerprint density at radius 1 is 1.03 bits per heavy atom. The Morgan fingerprint density at radius 2 is 1.76 bits per heavy atom. The molecule has 2 aromatic carbocycles. The van der Waals surface area contributed by atoms with Crippen molar-refractivity contribution in [3.05, 3.63) is 92.1 Å². The van der Waals surface area contributed by atoms with Crippen molar-refractivity contribution in [2.24, 2.45) is 0 Å². The molecule has 0 unspecified atom stereocenters. The first-order chi connectivity index (χ1) is 18.4. The summed E-state index contributed by atoms with van der Waals surface area (Å²) in [5, 5.41) is 6.67. The molecule has 0 saturated carbocycles. The molecule has 4 aromatic rings. The zero-order chi connectivity index (χ0) is 27.1. The van der Waals surface area contributed by atoms with Crippen LogP contribution < -0.4 is 16.6 Å². The SMILES string of the molecule is CCCCc1nc(C)c(CC(=O)NCCC)c(=O)n1Cc1ccc(-c2ccccc2-c2noc(=O)[nH]2)cc1. The normalized spacial score (nSPS) is 11.0. The average molecular weight is 516 g/mol. The van der Waals surface area contributed by atoms with Gasteiger partial charge >= 0.3 is 5.76 Å². The molecule has 198 valence electrons. The maximum Gasteiger partial charge on any atom is 0.439 e. The summed E-state index contributed by atoms with van der Waals surface area (Å²) >= 11 is 0. The van der Waals surface area contributed by atoms with Gasteiger partial charge in [0.15, 0.2) is 5.82 Å². The van der Waals surface area contributed by atoms with Crippen molar-refractivity contribution < 1.29 is 9.32 Å². The molecular formula is C29H33N5O4. The summed E-state index contributed by atoms with van der Waals surface area (Å²) in [4.78, 5) is 44.8. The molecule has 0 aliphatic carbocycles. The fourth-order valence-corrected chi connectivity index (χ4v) is 4.40. The predicted octanol–water partition coefficient (Wildman–Crippen LogP) is 4.02. The number of hydrogen-bond acceptors (Lipinski definition) is 6. The maximum absolute atomic E-state index is 13.6. The van der Waals surface area contributed by atoms with E-state index in [2.05, 4.69) is 26.9 Å². The predicted molar refractivity (Wildman–Crippen MR) is 146 cm³/mol. The molecule has 0 saturated heterocycles. The Hall–Kier alpha value is -4.27. The van der Waals surface area contributed by atoms with Crippen molar-refractivity contribution in [3.8, 4) is 22.5 Å². The van der Waals surface area contributed by atoms with E-state index in [9.17, 15) is 14.4 Å². The fraction of sp³-hybridized carbons (Fsp3) is 0.345. The third-order valence-corrected chi connectivity index (χ3v) is 6.44. The molecule has 1 amide bonds. The lowest BCUT2D eigenvalue weighted by molar-refractivity contribution is -0.120. The lowest BCUT2D eigenvalue weighted by Gasteiger charge is -2.16. The largest absolute Gasteiger partial charge is 0.439 e. The Balaban J connectivity index is 1.65. The second kappa shape index (κ2) is 12.3. The summed E-state index contributed by atoms with van der Waals surface area (Å²) in [5.41, 5.74) is 4.39. The zero-order valence-electron chi connectivity index (χ0n) is 22.0. The van der Waals surface area contributed by atoms with Crippen LogP contribution >= 0.6 is 0 Å². The lowest BCUT2D eigenvalue weighted by Crippen LogP contribution is -2.34. The van der Waals surface area contributed by atoms with E-state index in [0.717, 1.165) is 47.3 Å². The number of hydrogen-bond donors (Lipinski definition) is 2. The van der Waals surface area contributed by atoms with Crippen LogP contribution in [-0.4, -0.2) is 32.1 Å². The number of carbonyl (C=O) groups excluding carboxylic acids is 1. The van der Waals surface area contributed by atoms with Crippen LogP contribution in [0.2, 0.25) is 0 Å². The van der Waals surface area contributed by atoms with Gasteiger partial charge in [-0.3, -0.25) is 23.7 Å². The second-order valence-corrected chi connectivity index (χ2v) is 9.30. The highest BCUT2D eigenvalue weighted by atomic mass is 16.5. The van der Waals surface area contributed by atoms with Crippen molar-refractivity contribution in [3.63, 3.8) is 0 Å². The van der Waals surface area contributed by atoms with Gasteiger partial charge in [-0.25, -0.2) is 9.78 Å². The van der Waals surface area contributed by atoms with Crippen LogP contribution in [-0.2, 0) is 24.2 Å². The number of nitrogens with zero attached hydrogens (tertiary/aromatic N) is 3. The number of nitrogens with one attached hydrogen (secondary N) is 2. The Morgan fingerprint density at radius 3 is 2.42 bits per heavy atom. The molecule has 0 fully saturated rings. The number of aromatic amines is 1. The van der Waals surface area contributed by atoms with Crippen molar-refractivity contribution in [2.45, 2.75) is 59.4 Å². The molecule has 2 N–H and O–H groups in total. The summed E-state index contributed by atoms with van der Waals surface area (Å²) in [6.45, 7) is 6.83. The number of aromatic nitrogens is 4. The number of rotatable bonds is 11. The first kappa shape index (κ1) is 26.8. The van der Waals surface area contributed by atoms with Crippen LogP contribution in [0.5, 0.6) is 0 Å². The minimum absolute atomic E-state index is 0.0194. The number of carbonyl (C=O) groups is 1. The maximum atomic E-state index is 13.6. The van der Waals surface area contributed by atoms with Crippen LogP contribution in [0, 0.1) is 6.92 Å². The van der Waals surface area contributed by atoms with E-state index in [0.29, 0.717) is 36.6 Å². The highest BCUT2D eigenvalue weighted by molar-refractivity contribution is 5.80. The monoisotopic (exact) mass is 515 g/mol. The van der Waals surface area contributed by atoms with Crippen molar-refractivity contribution in [1.82, 2.24) is 25.0 Å². The lowest BCUT2D eigenvalue weighted by atomic mass is 9.98. The second-order valence-electron chi connectivity index (χ2n) is 9.30. The molecule has 9 heteroatoms. The van der Waals surface area contributed by atoms with E-state index in [1.165, 1.54) is 0 Å². The first-order valence-electron chi connectivity index (χ1n) is 13.0. The fourth-order valence-electron chi connectivity index (χ4n) is 4.40. The van der Waals surface area contributed by atoms with Gasteiger partial charge in [0, 0.05) is 29.8 Å². The third-order valence-electron chi connectivity index (χ3n) is 6.44. The van der Waals surface area contributed by atoms with Crippen molar-refractivity contribution in [1.29, 1.82) is 0 Å². The van der Waals surface area contributed by atoms with Gasteiger partial charge in [0.05, 0.1) is 13.0 Å². The van der Waals surface area contributed by atoms with E-state index in [-0.39, 0.29) is 17.9 Å².